The molecule has 1 aliphatic rings. The van der Waals surface area contributed by atoms with Gasteiger partial charge in [-0.2, -0.15) is 0 Å². The van der Waals surface area contributed by atoms with Crippen LogP contribution in [-0.4, -0.2) is 5.78 Å². The highest BCUT2D eigenvalue weighted by atomic mass is 35.5. The van der Waals surface area contributed by atoms with Gasteiger partial charge in [0.2, 0.25) is 0 Å². The predicted molar refractivity (Wildman–Crippen MR) is 62.4 cm³/mol. The number of nitrogens with zero attached hydrogens (tertiary/aromatic N) is 1. The van der Waals surface area contributed by atoms with E-state index in [1.807, 2.05) is 0 Å². The normalized spacial score (nSPS) is 24.7. The van der Waals surface area contributed by atoms with E-state index in [1.54, 1.807) is 0 Å². The maximum Gasteiger partial charge on any atom is 0.188 e. The molecule has 0 radical (unpaired) electrons. The maximum atomic E-state index is 13.7. The molecule has 1 fully saturated rings. The molecule has 1 aliphatic carbocycles. The number of carbonyl (C=O) groups is 1. The van der Waals surface area contributed by atoms with Crippen LogP contribution in [0.25, 0.3) is 0 Å². The van der Waals surface area contributed by atoms with E-state index in [0.29, 0.717) is 11.4 Å². The lowest BCUT2D eigenvalue weighted by Gasteiger charge is -2.29. The van der Waals surface area contributed by atoms with Crippen molar-refractivity contribution in [3.8, 4) is 0 Å². The Morgan fingerprint density at radius 1 is 1.35 bits per heavy atom. The van der Waals surface area contributed by atoms with E-state index in [0.717, 1.165) is 12.5 Å². The molecular formula is C12H11ClFNO2. The summed E-state index contributed by atoms with van der Waals surface area (Å²) in [5.41, 5.74) is -1.57. The molecule has 0 N–H and O–H groups in total. The molecule has 2 rings (SSSR count). The Labute approximate surface area is 103 Å². The van der Waals surface area contributed by atoms with Crippen molar-refractivity contribution in [1.82, 2.24) is 0 Å². The quantitative estimate of drug-likeness (QED) is 0.758. The maximum absolute atomic E-state index is 13.7. The summed E-state index contributed by atoms with van der Waals surface area (Å²) in [6.45, 7) is 0. The Bertz CT molecular complexity index is 478. The van der Waals surface area contributed by atoms with Crippen LogP contribution in [0.4, 0.5) is 4.39 Å². The number of hydrogen-bond donors (Lipinski definition) is 0. The van der Waals surface area contributed by atoms with Crippen molar-refractivity contribution in [3.63, 3.8) is 0 Å². The first-order valence-corrected chi connectivity index (χ1v) is 5.81. The highest BCUT2D eigenvalue weighted by Gasteiger charge is 2.45. The van der Waals surface area contributed by atoms with Crippen molar-refractivity contribution in [1.29, 1.82) is 0 Å². The van der Waals surface area contributed by atoms with Gasteiger partial charge in [0.1, 0.15) is 5.82 Å². The standard InChI is InChI=1S/C12H11ClFNO2/c13-8-4-5-10(14)9(7-8)12(15-17)6-2-1-3-11(12)16/h4-5,7H,1-3,6H2. The van der Waals surface area contributed by atoms with Crippen LogP contribution in [0.5, 0.6) is 0 Å². The zero-order valence-electron chi connectivity index (χ0n) is 9.08. The van der Waals surface area contributed by atoms with Crippen molar-refractivity contribution in [2.24, 2.45) is 5.18 Å². The number of rotatable bonds is 2. The lowest BCUT2D eigenvalue weighted by Crippen LogP contribution is -2.37. The molecule has 0 aliphatic heterocycles. The number of benzene rings is 1. The lowest BCUT2D eigenvalue weighted by molar-refractivity contribution is -0.126. The molecule has 0 amide bonds. The zero-order valence-corrected chi connectivity index (χ0v) is 9.84. The average Bonchev–Trinajstić information content (AvgIpc) is 2.33. The molecule has 0 spiro atoms. The van der Waals surface area contributed by atoms with E-state index >= 15 is 0 Å². The van der Waals surface area contributed by atoms with Crippen molar-refractivity contribution in [2.75, 3.05) is 0 Å². The molecule has 1 saturated carbocycles. The Hall–Kier alpha value is -1.29. The Morgan fingerprint density at radius 3 is 2.76 bits per heavy atom. The van der Waals surface area contributed by atoms with E-state index in [9.17, 15) is 14.1 Å². The zero-order chi connectivity index (χ0) is 12.5. The second-order valence-electron chi connectivity index (χ2n) is 4.21. The fraction of sp³-hybridized carbons (Fsp3) is 0.417. The molecule has 0 bridgehead atoms. The SMILES string of the molecule is O=NC1(c2cc(Cl)ccc2F)CCCCC1=O. The summed E-state index contributed by atoms with van der Waals surface area (Å²) in [4.78, 5) is 23.0. The van der Waals surface area contributed by atoms with E-state index in [-0.39, 0.29) is 24.2 Å². The van der Waals surface area contributed by atoms with Crippen molar-refractivity contribution in [2.45, 2.75) is 31.2 Å². The van der Waals surface area contributed by atoms with Crippen LogP contribution in [-0.2, 0) is 10.3 Å². The van der Waals surface area contributed by atoms with Gasteiger partial charge in [-0.05, 0) is 37.5 Å². The summed E-state index contributed by atoms with van der Waals surface area (Å²) < 4.78 is 13.7. The minimum Gasteiger partial charge on any atom is -0.296 e. The first-order valence-electron chi connectivity index (χ1n) is 5.43. The minimum atomic E-state index is -1.58. The minimum absolute atomic E-state index is 0.00435. The molecule has 5 heteroatoms. The van der Waals surface area contributed by atoms with Crippen LogP contribution < -0.4 is 0 Å². The average molecular weight is 256 g/mol. The number of Topliss-reactive ketones (excluding diaryl/α,β-unsaturated/α-hetero) is 1. The van der Waals surface area contributed by atoms with Gasteiger partial charge in [0.25, 0.3) is 0 Å². The molecule has 1 unspecified atom stereocenters. The van der Waals surface area contributed by atoms with Gasteiger partial charge in [-0.3, -0.25) is 4.79 Å². The molecule has 1 atom stereocenters. The first kappa shape index (κ1) is 12.2. The van der Waals surface area contributed by atoms with Crippen LogP contribution in [0, 0.1) is 10.7 Å². The Kier molecular flexibility index (Phi) is 3.24. The Morgan fingerprint density at radius 2 is 2.12 bits per heavy atom. The van der Waals surface area contributed by atoms with Gasteiger partial charge < -0.3 is 0 Å². The van der Waals surface area contributed by atoms with E-state index in [4.69, 9.17) is 11.6 Å². The lowest BCUT2D eigenvalue weighted by atomic mass is 9.76. The van der Waals surface area contributed by atoms with Gasteiger partial charge >= 0.3 is 0 Å². The van der Waals surface area contributed by atoms with Crippen LogP contribution in [0.15, 0.2) is 23.4 Å². The fourth-order valence-electron chi connectivity index (χ4n) is 2.26. The largest absolute Gasteiger partial charge is 0.296 e. The molecule has 3 nitrogen and oxygen atoms in total. The number of hydrogen-bond acceptors (Lipinski definition) is 3. The third-order valence-electron chi connectivity index (χ3n) is 3.18. The molecule has 1 aromatic rings. The number of ketones is 1. The van der Waals surface area contributed by atoms with Gasteiger partial charge in [0, 0.05) is 17.0 Å². The molecular weight excluding hydrogens is 245 g/mol. The monoisotopic (exact) mass is 255 g/mol. The summed E-state index contributed by atoms with van der Waals surface area (Å²) in [6, 6.07) is 3.86. The molecule has 1 aromatic carbocycles. The second-order valence-corrected chi connectivity index (χ2v) is 4.64. The summed E-state index contributed by atoms with van der Waals surface area (Å²) in [7, 11) is 0. The van der Waals surface area contributed by atoms with Crippen LogP contribution >= 0.6 is 11.6 Å². The molecule has 0 aromatic heterocycles. The fourth-order valence-corrected chi connectivity index (χ4v) is 2.43. The topological polar surface area (TPSA) is 46.5 Å². The van der Waals surface area contributed by atoms with Crippen LogP contribution in [0.3, 0.4) is 0 Å². The molecule has 0 saturated heterocycles. The Balaban J connectivity index is 2.57. The second kappa shape index (κ2) is 4.53. The number of halogens is 2. The van der Waals surface area contributed by atoms with Crippen LogP contribution in [0.1, 0.15) is 31.2 Å². The van der Waals surface area contributed by atoms with Gasteiger partial charge in [-0.1, -0.05) is 16.8 Å². The van der Waals surface area contributed by atoms with E-state index in [2.05, 4.69) is 5.18 Å². The molecule has 90 valence electrons. The molecule has 0 heterocycles. The van der Waals surface area contributed by atoms with E-state index < -0.39 is 11.4 Å². The van der Waals surface area contributed by atoms with E-state index in [1.165, 1.54) is 12.1 Å². The van der Waals surface area contributed by atoms with Gasteiger partial charge in [0.15, 0.2) is 11.3 Å². The highest BCUT2D eigenvalue weighted by Crippen LogP contribution is 2.39. The van der Waals surface area contributed by atoms with Crippen molar-refractivity contribution >= 4 is 17.4 Å². The number of carbonyl (C=O) groups excluding carboxylic acids is 1. The third-order valence-corrected chi connectivity index (χ3v) is 3.42. The van der Waals surface area contributed by atoms with Gasteiger partial charge in [0.05, 0.1) is 0 Å². The van der Waals surface area contributed by atoms with Gasteiger partial charge in [-0.25, -0.2) is 4.39 Å². The summed E-state index contributed by atoms with van der Waals surface area (Å²) in [5, 5.41) is 3.23. The van der Waals surface area contributed by atoms with Gasteiger partial charge in [-0.15, -0.1) is 4.91 Å². The highest BCUT2D eigenvalue weighted by molar-refractivity contribution is 6.30. The van der Waals surface area contributed by atoms with Crippen molar-refractivity contribution in [3.05, 3.63) is 39.5 Å². The van der Waals surface area contributed by atoms with Crippen LogP contribution in [0.2, 0.25) is 5.02 Å². The first-order chi connectivity index (χ1) is 8.10. The number of nitroso groups, excluding NO2 is 1. The smallest absolute Gasteiger partial charge is 0.188 e. The summed E-state index contributed by atoms with van der Waals surface area (Å²) in [5.74, 6) is -0.927. The third kappa shape index (κ3) is 1.97. The molecule has 17 heavy (non-hydrogen) atoms. The summed E-state index contributed by atoms with van der Waals surface area (Å²) >= 11 is 5.78. The summed E-state index contributed by atoms with van der Waals surface area (Å²) in [6.07, 6.45) is 1.92. The van der Waals surface area contributed by atoms with Crippen molar-refractivity contribution < 1.29 is 9.18 Å². The predicted octanol–water partition coefficient (Wildman–Crippen LogP) is 3.58.